The summed E-state index contributed by atoms with van der Waals surface area (Å²) in [6, 6.07) is 7.26. The lowest BCUT2D eigenvalue weighted by Gasteiger charge is -2.01. The zero-order valence-corrected chi connectivity index (χ0v) is 11.3. The third-order valence-electron chi connectivity index (χ3n) is 2.44. The van der Waals surface area contributed by atoms with E-state index in [-0.39, 0.29) is 5.90 Å². The first kappa shape index (κ1) is 13.5. The fourth-order valence-electron chi connectivity index (χ4n) is 1.57. The van der Waals surface area contributed by atoms with Crippen molar-refractivity contribution >= 4 is 17.5 Å². The Bertz CT molecular complexity index is 569. The van der Waals surface area contributed by atoms with E-state index in [0.717, 1.165) is 5.56 Å². The molecule has 0 bridgehead atoms. The van der Waals surface area contributed by atoms with Gasteiger partial charge >= 0.3 is 0 Å². The van der Waals surface area contributed by atoms with Gasteiger partial charge in [0.05, 0.1) is 6.61 Å². The second-order valence-corrected chi connectivity index (χ2v) is 4.31. The van der Waals surface area contributed by atoms with Gasteiger partial charge in [0.1, 0.15) is 0 Å². The molecule has 2 rings (SSSR count). The van der Waals surface area contributed by atoms with Crippen LogP contribution in [0.1, 0.15) is 19.2 Å². The zero-order valence-electron chi connectivity index (χ0n) is 10.5. The van der Waals surface area contributed by atoms with Crippen LogP contribution in [0.2, 0.25) is 5.02 Å². The Kier molecular flexibility index (Phi) is 4.52. The number of benzene rings is 1. The Balaban J connectivity index is 2.01. The van der Waals surface area contributed by atoms with Gasteiger partial charge in [-0.3, -0.25) is 5.41 Å². The number of aromatic nitrogens is 2. The Morgan fingerprint density at radius 2 is 2.32 bits per heavy atom. The molecular formula is C13H14ClN3O2. The van der Waals surface area contributed by atoms with Crippen molar-refractivity contribution in [2.75, 3.05) is 6.61 Å². The van der Waals surface area contributed by atoms with E-state index < -0.39 is 0 Å². The molecule has 0 aliphatic carbocycles. The van der Waals surface area contributed by atoms with Crippen LogP contribution < -0.4 is 0 Å². The van der Waals surface area contributed by atoms with Crippen molar-refractivity contribution in [1.82, 2.24) is 10.1 Å². The number of hydrogen-bond acceptors (Lipinski definition) is 5. The lowest BCUT2D eigenvalue weighted by molar-refractivity contribution is 0.310. The van der Waals surface area contributed by atoms with Crippen molar-refractivity contribution in [1.29, 1.82) is 5.41 Å². The van der Waals surface area contributed by atoms with Crippen LogP contribution in [0.15, 0.2) is 28.8 Å². The minimum Gasteiger partial charge on any atom is -0.481 e. The van der Waals surface area contributed by atoms with E-state index in [0.29, 0.717) is 36.2 Å². The highest BCUT2D eigenvalue weighted by molar-refractivity contribution is 6.30. The molecule has 0 spiro atoms. The molecule has 1 heterocycles. The van der Waals surface area contributed by atoms with E-state index in [2.05, 4.69) is 10.1 Å². The molecular weight excluding hydrogens is 266 g/mol. The molecule has 0 fully saturated rings. The van der Waals surface area contributed by atoms with E-state index in [4.69, 9.17) is 26.3 Å². The number of hydrogen-bond donors (Lipinski definition) is 1. The Hall–Kier alpha value is -1.88. The predicted octanol–water partition coefficient (Wildman–Crippen LogP) is 3.34. The molecule has 0 saturated heterocycles. The van der Waals surface area contributed by atoms with E-state index in [1.165, 1.54) is 0 Å². The molecule has 1 N–H and O–H groups in total. The first-order chi connectivity index (χ1) is 9.19. The first-order valence-electron chi connectivity index (χ1n) is 5.97. The highest BCUT2D eigenvalue weighted by atomic mass is 35.5. The maximum atomic E-state index is 7.51. The third-order valence-corrected chi connectivity index (χ3v) is 2.67. The molecule has 1 aromatic carbocycles. The molecule has 0 aliphatic rings. The molecule has 6 heteroatoms. The van der Waals surface area contributed by atoms with Gasteiger partial charge in [-0.2, -0.15) is 4.98 Å². The summed E-state index contributed by atoms with van der Waals surface area (Å²) in [5.41, 5.74) is 0.808. The van der Waals surface area contributed by atoms with Crippen LogP contribution in [-0.2, 0) is 11.2 Å². The van der Waals surface area contributed by atoms with Crippen molar-refractivity contribution in [2.24, 2.45) is 0 Å². The number of rotatable bonds is 5. The third kappa shape index (κ3) is 3.79. The second-order valence-electron chi connectivity index (χ2n) is 3.88. The Labute approximate surface area is 116 Å². The summed E-state index contributed by atoms with van der Waals surface area (Å²) in [5, 5.41) is 12.0. The van der Waals surface area contributed by atoms with Crippen molar-refractivity contribution in [3.05, 3.63) is 35.2 Å². The van der Waals surface area contributed by atoms with Crippen LogP contribution in [0, 0.1) is 5.41 Å². The fourth-order valence-corrected chi connectivity index (χ4v) is 1.76. The highest BCUT2D eigenvalue weighted by Crippen LogP contribution is 2.20. The van der Waals surface area contributed by atoms with Crippen molar-refractivity contribution < 1.29 is 9.26 Å². The Morgan fingerprint density at radius 3 is 3.05 bits per heavy atom. The number of halogens is 1. The maximum Gasteiger partial charge on any atom is 0.227 e. The molecule has 19 heavy (non-hydrogen) atoms. The molecule has 0 unspecified atom stereocenters. The summed E-state index contributed by atoms with van der Waals surface area (Å²) < 4.78 is 10.2. The molecule has 0 amide bonds. The average Bonchev–Trinajstić information content (AvgIpc) is 2.85. The quantitative estimate of drug-likeness (QED) is 0.673. The lowest BCUT2D eigenvalue weighted by Crippen LogP contribution is -2.04. The van der Waals surface area contributed by atoms with Gasteiger partial charge in [-0.1, -0.05) is 28.9 Å². The zero-order chi connectivity index (χ0) is 13.7. The van der Waals surface area contributed by atoms with Crippen LogP contribution in [0.25, 0.3) is 11.4 Å². The second kappa shape index (κ2) is 6.33. The molecule has 0 atom stereocenters. The van der Waals surface area contributed by atoms with Crippen molar-refractivity contribution in [2.45, 2.75) is 19.8 Å². The monoisotopic (exact) mass is 279 g/mol. The van der Waals surface area contributed by atoms with Gasteiger partial charge in [0.15, 0.2) is 5.90 Å². The molecule has 0 radical (unpaired) electrons. The number of nitrogens with one attached hydrogen (secondary N) is 1. The predicted molar refractivity (Wildman–Crippen MR) is 72.4 cm³/mol. The normalized spacial score (nSPS) is 10.4. The number of nitrogens with zero attached hydrogens (tertiary/aromatic N) is 2. The summed E-state index contributed by atoms with van der Waals surface area (Å²) in [7, 11) is 0. The van der Waals surface area contributed by atoms with Gasteiger partial charge in [-0.15, -0.1) is 0 Å². The standard InChI is InChI=1S/C13H14ClN3O2/c1-2-18-11(15)6-7-12-16-13(17-19-12)9-4-3-5-10(14)8-9/h3-5,8,15H,2,6-7H2,1H3. The smallest absolute Gasteiger partial charge is 0.227 e. The van der Waals surface area contributed by atoms with Gasteiger partial charge < -0.3 is 9.26 Å². The molecule has 5 nitrogen and oxygen atoms in total. The first-order valence-corrected chi connectivity index (χ1v) is 6.35. The average molecular weight is 280 g/mol. The van der Waals surface area contributed by atoms with E-state index in [9.17, 15) is 0 Å². The largest absolute Gasteiger partial charge is 0.481 e. The molecule has 0 saturated carbocycles. The van der Waals surface area contributed by atoms with Gasteiger partial charge in [0.25, 0.3) is 0 Å². The van der Waals surface area contributed by atoms with Crippen LogP contribution in [-0.4, -0.2) is 22.6 Å². The van der Waals surface area contributed by atoms with E-state index in [1.54, 1.807) is 12.1 Å². The minimum absolute atomic E-state index is 0.227. The minimum atomic E-state index is 0.227. The highest BCUT2D eigenvalue weighted by Gasteiger charge is 2.10. The summed E-state index contributed by atoms with van der Waals surface area (Å²) >= 11 is 5.91. The van der Waals surface area contributed by atoms with Gasteiger partial charge in [-0.05, 0) is 19.1 Å². The molecule has 0 aliphatic heterocycles. The summed E-state index contributed by atoms with van der Waals surface area (Å²) in [4.78, 5) is 4.27. The molecule has 100 valence electrons. The summed E-state index contributed by atoms with van der Waals surface area (Å²) in [5.74, 6) is 1.21. The molecule has 2 aromatic rings. The fraction of sp³-hybridized carbons (Fsp3) is 0.308. The van der Waals surface area contributed by atoms with Crippen LogP contribution in [0.5, 0.6) is 0 Å². The Morgan fingerprint density at radius 1 is 1.47 bits per heavy atom. The van der Waals surface area contributed by atoms with Crippen LogP contribution >= 0.6 is 11.6 Å². The van der Waals surface area contributed by atoms with Crippen LogP contribution in [0.4, 0.5) is 0 Å². The maximum absolute atomic E-state index is 7.51. The van der Waals surface area contributed by atoms with Gasteiger partial charge in [0.2, 0.25) is 11.7 Å². The van der Waals surface area contributed by atoms with Crippen LogP contribution in [0.3, 0.4) is 0 Å². The SMILES string of the molecule is CCOC(=N)CCc1nc(-c2cccc(Cl)c2)no1. The van der Waals surface area contributed by atoms with Crippen molar-refractivity contribution in [3.8, 4) is 11.4 Å². The number of aryl methyl sites for hydroxylation is 1. The van der Waals surface area contributed by atoms with Crippen molar-refractivity contribution in [3.63, 3.8) is 0 Å². The van der Waals surface area contributed by atoms with E-state index >= 15 is 0 Å². The lowest BCUT2D eigenvalue weighted by atomic mass is 10.2. The molecule has 1 aromatic heterocycles. The summed E-state index contributed by atoms with van der Waals surface area (Å²) in [6.45, 7) is 2.34. The topological polar surface area (TPSA) is 72.0 Å². The number of ether oxygens (including phenoxy) is 1. The van der Waals surface area contributed by atoms with E-state index in [1.807, 2.05) is 19.1 Å². The summed E-state index contributed by atoms with van der Waals surface area (Å²) in [6.07, 6.45) is 0.942. The van der Waals surface area contributed by atoms with Gasteiger partial charge in [-0.25, -0.2) is 0 Å². The van der Waals surface area contributed by atoms with Gasteiger partial charge in [0, 0.05) is 23.4 Å².